The van der Waals surface area contributed by atoms with Crippen molar-refractivity contribution in [1.29, 1.82) is 0 Å². The summed E-state index contributed by atoms with van der Waals surface area (Å²) in [5, 5.41) is 6.30. The minimum Gasteiger partial charge on any atom is -0.397 e. The molecule has 0 unspecified atom stereocenters. The highest BCUT2D eigenvalue weighted by Crippen LogP contribution is 2.19. The van der Waals surface area contributed by atoms with Gasteiger partial charge < -0.3 is 16.4 Å². The number of aliphatic imine (C=N–C) groups is 1. The smallest absolute Gasteiger partial charge is 0.195 e. The number of nitrogen functional groups attached to an aromatic ring is 1. The molecule has 1 aliphatic heterocycles. The second-order valence-electron chi connectivity index (χ2n) is 3.37. The molecule has 0 atom stereocenters. The molecule has 0 aromatic heterocycles. The van der Waals surface area contributed by atoms with Crippen LogP contribution in [-0.4, -0.2) is 19.0 Å². The highest BCUT2D eigenvalue weighted by atomic mass is 15.2. The largest absolute Gasteiger partial charge is 0.397 e. The molecule has 0 amide bonds. The summed E-state index contributed by atoms with van der Waals surface area (Å²) in [4.78, 5) is 4.24. The maximum absolute atomic E-state index is 5.82. The van der Waals surface area contributed by atoms with E-state index in [2.05, 4.69) is 15.6 Å². The normalized spacial score (nSPS) is 14.8. The molecule has 0 bridgehead atoms. The van der Waals surface area contributed by atoms with E-state index in [9.17, 15) is 0 Å². The van der Waals surface area contributed by atoms with Gasteiger partial charge in [0.25, 0.3) is 0 Å². The average Bonchev–Trinajstić information content (AvgIpc) is 2.64. The van der Waals surface area contributed by atoms with Gasteiger partial charge in [-0.1, -0.05) is 6.07 Å². The Hall–Kier alpha value is -1.71. The van der Waals surface area contributed by atoms with Crippen molar-refractivity contribution in [3.8, 4) is 0 Å². The van der Waals surface area contributed by atoms with E-state index in [0.29, 0.717) is 0 Å². The van der Waals surface area contributed by atoms with Gasteiger partial charge in [-0.25, -0.2) is 0 Å². The Morgan fingerprint density at radius 2 is 2.36 bits per heavy atom. The Bertz CT molecular complexity index is 370. The monoisotopic (exact) mass is 190 g/mol. The van der Waals surface area contributed by atoms with Crippen molar-refractivity contribution in [1.82, 2.24) is 5.32 Å². The van der Waals surface area contributed by atoms with Crippen molar-refractivity contribution in [3.05, 3.63) is 23.8 Å². The van der Waals surface area contributed by atoms with Gasteiger partial charge >= 0.3 is 0 Å². The fraction of sp³-hybridized carbons (Fsp3) is 0.300. The van der Waals surface area contributed by atoms with Crippen molar-refractivity contribution in [2.45, 2.75) is 6.92 Å². The summed E-state index contributed by atoms with van der Waals surface area (Å²) in [5.74, 6) is 0.808. The van der Waals surface area contributed by atoms with Gasteiger partial charge in [-0.2, -0.15) is 0 Å². The topological polar surface area (TPSA) is 62.4 Å². The number of aryl methyl sites for hydroxylation is 1. The van der Waals surface area contributed by atoms with E-state index in [1.165, 1.54) is 5.56 Å². The zero-order chi connectivity index (χ0) is 9.97. The van der Waals surface area contributed by atoms with Crippen LogP contribution in [0.25, 0.3) is 0 Å². The molecule has 4 nitrogen and oxygen atoms in total. The lowest BCUT2D eigenvalue weighted by molar-refractivity contribution is 0.959. The molecule has 4 N–H and O–H groups in total. The zero-order valence-corrected chi connectivity index (χ0v) is 8.17. The molecule has 74 valence electrons. The molecule has 14 heavy (non-hydrogen) atoms. The number of rotatable bonds is 1. The molecule has 2 rings (SSSR count). The highest BCUT2D eigenvalue weighted by Gasteiger charge is 2.06. The van der Waals surface area contributed by atoms with Gasteiger partial charge in [-0.3, -0.25) is 4.99 Å². The summed E-state index contributed by atoms with van der Waals surface area (Å²) < 4.78 is 0. The standard InChI is InChI=1S/C10H14N4/c1-7-2-3-8(11)9(6-7)14-10-12-4-5-13-10/h2-3,6H,4-5,11H2,1H3,(H2,12,13,14). The lowest BCUT2D eigenvalue weighted by Crippen LogP contribution is -2.26. The first-order chi connectivity index (χ1) is 6.75. The molecule has 1 heterocycles. The van der Waals surface area contributed by atoms with Crippen LogP contribution in [0.4, 0.5) is 11.4 Å². The number of hydrogen-bond acceptors (Lipinski definition) is 4. The third-order valence-electron chi connectivity index (χ3n) is 2.14. The predicted molar refractivity (Wildman–Crippen MR) is 59.5 cm³/mol. The van der Waals surface area contributed by atoms with Crippen molar-refractivity contribution < 1.29 is 0 Å². The predicted octanol–water partition coefficient (Wildman–Crippen LogP) is 0.948. The van der Waals surface area contributed by atoms with Crippen LogP contribution in [0.1, 0.15) is 5.56 Å². The van der Waals surface area contributed by atoms with Crippen LogP contribution in [-0.2, 0) is 0 Å². The first-order valence-electron chi connectivity index (χ1n) is 4.67. The number of nitrogens with one attached hydrogen (secondary N) is 2. The number of benzene rings is 1. The molecule has 0 spiro atoms. The molecule has 1 aromatic rings. The summed E-state index contributed by atoms with van der Waals surface area (Å²) in [7, 11) is 0. The molecular formula is C10H14N4. The van der Waals surface area contributed by atoms with Gasteiger partial charge in [0.05, 0.1) is 17.9 Å². The quantitative estimate of drug-likeness (QED) is 0.578. The maximum atomic E-state index is 5.82. The van der Waals surface area contributed by atoms with Crippen molar-refractivity contribution in [3.63, 3.8) is 0 Å². The third kappa shape index (κ3) is 1.79. The SMILES string of the molecule is Cc1ccc(N)c(NC2=NCCN2)c1. The summed E-state index contributed by atoms with van der Waals surface area (Å²) in [6.07, 6.45) is 0. The van der Waals surface area contributed by atoms with Gasteiger partial charge in [-0.05, 0) is 24.6 Å². The minimum atomic E-state index is 0.743. The van der Waals surface area contributed by atoms with Crippen LogP contribution < -0.4 is 16.4 Å². The maximum Gasteiger partial charge on any atom is 0.195 e. The fourth-order valence-electron chi connectivity index (χ4n) is 1.39. The number of nitrogens with two attached hydrogens (primary N) is 1. The molecule has 0 aliphatic carbocycles. The molecule has 0 fully saturated rings. The Labute approximate surface area is 83.2 Å². The van der Waals surface area contributed by atoms with E-state index < -0.39 is 0 Å². The van der Waals surface area contributed by atoms with E-state index >= 15 is 0 Å². The fourth-order valence-corrected chi connectivity index (χ4v) is 1.39. The van der Waals surface area contributed by atoms with Crippen LogP contribution >= 0.6 is 0 Å². The third-order valence-corrected chi connectivity index (χ3v) is 2.14. The first-order valence-corrected chi connectivity index (χ1v) is 4.67. The second kappa shape index (κ2) is 3.57. The van der Waals surface area contributed by atoms with E-state index in [-0.39, 0.29) is 0 Å². The molecular weight excluding hydrogens is 176 g/mol. The van der Waals surface area contributed by atoms with Gasteiger partial charge in [-0.15, -0.1) is 0 Å². The Kier molecular flexibility index (Phi) is 2.26. The molecule has 4 heteroatoms. The molecule has 1 aliphatic rings. The van der Waals surface area contributed by atoms with Crippen molar-refractivity contribution in [2.24, 2.45) is 4.99 Å². The van der Waals surface area contributed by atoms with Crippen LogP contribution in [0.3, 0.4) is 0 Å². The summed E-state index contributed by atoms with van der Waals surface area (Å²) in [6.45, 7) is 3.76. The number of hydrogen-bond donors (Lipinski definition) is 3. The Morgan fingerprint density at radius 3 is 3.07 bits per heavy atom. The van der Waals surface area contributed by atoms with E-state index in [1.807, 2.05) is 25.1 Å². The van der Waals surface area contributed by atoms with E-state index in [0.717, 1.165) is 30.4 Å². The van der Waals surface area contributed by atoms with Crippen molar-refractivity contribution in [2.75, 3.05) is 24.1 Å². The van der Waals surface area contributed by atoms with Crippen molar-refractivity contribution >= 4 is 17.3 Å². The van der Waals surface area contributed by atoms with E-state index in [4.69, 9.17) is 5.73 Å². The van der Waals surface area contributed by atoms with Gasteiger partial charge in [0, 0.05) is 6.54 Å². The van der Waals surface area contributed by atoms with Gasteiger partial charge in [0.1, 0.15) is 0 Å². The summed E-state index contributed by atoms with van der Waals surface area (Å²) in [6, 6.07) is 5.90. The Morgan fingerprint density at radius 1 is 1.50 bits per heavy atom. The zero-order valence-electron chi connectivity index (χ0n) is 8.17. The number of guanidine groups is 1. The molecule has 0 radical (unpaired) electrons. The van der Waals surface area contributed by atoms with Crippen LogP contribution in [0.15, 0.2) is 23.2 Å². The number of nitrogens with zero attached hydrogens (tertiary/aromatic N) is 1. The average molecular weight is 190 g/mol. The highest BCUT2D eigenvalue weighted by molar-refractivity contribution is 5.97. The number of anilines is 2. The molecule has 1 aromatic carbocycles. The van der Waals surface area contributed by atoms with Crippen LogP contribution in [0, 0.1) is 6.92 Å². The minimum absolute atomic E-state index is 0.743. The van der Waals surface area contributed by atoms with Crippen LogP contribution in [0.2, 0.25) is 0 Å². The summed E-state index contributed by atoms with van der Waals surface area (Å²) >= 11 is 0. The lowest BCUT2D eigenvalue weighted by Gasteiger charge is -2.09. The van der Waals surface area contributed by atoms with Crippen LogP contribution in [0.5, 0.6) is 0 Å². The second-order valence-corrected chi connectivity index (χ2v) is 3.37. The van der Waals surface area contributed by atoms with Gasteiger partial charge in [0.2, 0.25) is 0 Å². The molecule has 0 saturated carbocycles. The lowest BCUT2D eigenvalue weighted by atomic mass is 10.2. The Balaban J connectivity index is 2.19. The molecule has 0 saturated heterocycles. The summed E-state index contributed by atoms with van der Waals surface area (Å²) in [5.41, 5.74) is 8.66. The van der Waals surface area contributed by atoms with E-state index in [1.54, 1.807) is 0 Å². The van der Waals surface area contributed by atoms with Gasteiger partial charge in [0.15, 0.2) is 5.96 Å². The first kappa shape index (κ1) is 8.87.